The molecule has 0 spiro atoms. The van der Waals surface area contributed by atoms with Gasteiger partial charge >= 0.3 is 0 Å². The van der Waals surface area contributed by atoms with Gasteiger partial charge in [0.1, 0.15) is 0 Å². The molecular formula is C9H10Cl3N. The van der Waals surface area contributed by atoms with Gasteiger partial charge in [-0.1, -0.05) is 29.3 Å². The molecule has 72 valence electrons. The molecule has 1 aliphatic carbocycles. The predicted molar refractivity (Wildman–Crippen MR) is 59.0 cm³/mol. The van der Waals surface area contributed by atoms with Gasteiger partial charge in [0.15, 0.2) is 0 Å². The molecule has 1 aliphatic rings. The number of halogens is 3. The number of rotatable bonds is 1. The van der Waals surface area contributed by atoms with Crippen LogP contribution in [0.5, 0.6) is 0 Å². The van der Waals surface area contributed by atoms with Crippen LogP contribution in [0.1, 0.15) is 17.9 Å². The van der Waals surface area contributed by atoms with Crippen molar-refractivity contribution in [3.05, 3.63) is 33.8 Å². The smallest absolute Gasteiger partial charge is 0.0456 e. The van der Waals surface area contributed by atoms with E-state index in [1.807, 2.05) is 18.2 Å². The second kappa shape index (κ2) is 4.05. The second-order valence-electron chi connectivity index (χ2n) is 3.14. The van der Waals surface area contributed by atoms with E-state index in [1.54, 1.807) is 0 Å². The van der Waals surface area contributed by atoms with Crippen LogP contribution in [0.25, 0.3) is 0 Å². The van der Waals surface area contributed by atoms with Crippen molar-refractivity contribution in [2.24, 2.45) is 5.73 Å². The summed E-state index contributed by atoms with van der Waals surface area (Å²) in [7, 11) is 0. The molecule has 2 N–H and O–H groups in total. The maximum atomic E-state index is 5.99. The largest absolute Gasteiger partial charge is 0.327 e. The topological polar surface area (TPSA) is 26.0 Å². The lowest BCUT2D eigenvalue weighted by Crippen LogP contribution is -2.01. The van der Waals surface area contributed by atoms with Crippen molar-refractivity contribution in [3.8, 4) is 0 Å². The lowest BCUT2D eigenvalue weighted by atomic mass is 10.1. The van der Waals surface area contributed by atoms with Crippen LogP contribution < -0.4 is 5.73 Å². The van der Waals surface area contributed by atoms with Gasteiger partial charge in [0, 0.05) is 22.0 Å². The van der Waals surface area contributed by atoms with Crippen LogP contribution in [0.3, 0.4) is 0 Å². The Kier molecular flexibility index (Phi) is 3.47. The molecule has 0 bridgehead atoms. The molecule has 1 aromatic carbocycles. The summed E-state index contributed by atoms with van der Waals surface area (Å²) in [6.07, 6.45) is 1.00. The Morgan fingerprint density at radius 3 is 2.08 bits per heavy atom. The van der Waals surface area contributed by atoms with Crippen molar-refractivity contribution in [1.82, 2.24) is 0 Å². The highest BCUT2D eigenvalue weighted by atomic mass is 35.5. The molecule has 4 heteroatoms. The highest BCUT2D eigenvalue weighted by Crippen LogP contribution is 2.45. The molecule has 2 rings (SSSR count). The fourth-order valence-electron chi connectivity index (χ4n) is 1.41. The Labute approximate surface area is 93.6 Å². The highest BCUT2D eigenvalue weighted by molar-refractivity contribution is 6.36. The van der Waals surface area contributed by atoms with E-state index in [0.29, 0.717) is 5.92 Å². The summed E-state index contributed by atoms with van der Waals surface area (Å²) in [4.78, 5) is 0. The molecule has 0 saturated heterocycles. The van der Waals surface area contributed by atoms with Crippen LogP contribution >= 0.6 is 35.6 Å². The van der Waals surface area contributed by atoms with Crippen LogP contribution in [-0.2, 0) is 0 Å². The molecule has 2 atom stereocenters. The summed E-state index contributed by atoms with van der Waals surface area (Å²) in [5.41, 5.74) is 6.74. The Bertz CT molecular complexity index is 293. The van der Waals surface area contributed by atoms with E-state index in [-0.39, 0.29) is 18.4 Å². The maximum Gasteiger partial charge on any atom is 0.0456 e. The normalized spacial score (nSPS) is 25.2. The maximum absolute atomic E-state index is 5.99. The molecule has 1 fully saturated rings. The SMILES string of the molecule is Cl.N[C@@H]1C[C@H]1c1c(Cl)cccc1Cl. The predicted octanol–water partition coefficient (Wildman–Crippen LogP) is 3.23. The van der Waals surface area contributed by atoms with Crippen molar-refractivity contribution in [2.45, 2.75) is 18.4 Å². The zero-order valence-electron chi connectivity index (χ0n) is 6.84. The van der Waals surface area contributed by atoms with Crippen molar-refractivity contribution in [1.29, 1.82) is 0 Å². The van der Waals surface area contributed by atoms with Gasteiger partial charge in [0.05, 0.1) is 0 Å². The monoisotopic (exact) mass is 237 g/mol. The van der Waals surface area contributed by atoms with E-state index >= 15 is 0 Å². The van der Waals surface area contributed by atoms with Gasteiger partial charge in [-0.3, -0.25) is 0 Å². The second-order valence-corrected chi connectivity index (χ2v) is 3.96. The van der Waals surface area contributed by atoms with Crippen molar-refractivity contribution >= 4 is 35.6 Å². The third-order valence-electron chi connectivity index (χ3n) is 2.21. The van der Waals surface area contributed by atoms with Crippen LogP contribution in [0, 0.1) is 0 Å². The van der Waals surface area contributed by atoms with Crippen LogP contribution in [0.2, 0.25) is 10.0 Å². The molecule has 0 radical (unpaired) electrons. The minimum absolute atomic E-state index is 0. The van der Waals surface area contributed by atoms with Gasteiger partial charge in [0.25, 0.3) is 0 Å². The van der Waals surface area contributed by atoms with Crippen LogP contribution in [-0.4, -0.2) is 6.04 Å². The minimum atomic E-state index is 0. The lowest BCUT2D eigenvalue weighted by molar-refractivity contribution is 0.991. The van der Waals surface area contributed by atoms with E-state index in [9.17, 15) is 0 Å². The number of hydrogen-bond donors (Lipinski definition) is 1. The average Bonchev–Trinajstić information content (AvgIpc) is 2.67. The fraction of sp³-hybridized carbons (Fsp3) is 0.333. The summed E-state index contributed by atoms with van der Waals surface area (Å²) in [5.74, 6) is 0.381. The molecule has 0 unspecified atom stereocenters. The third kappa shape index (κ3) is 2.10. The number of benzene rings is 1. The number of hydrogen-bond acceptors (Lipinski definition) is 1. The third-order valence-corrected chi connectivity index (χ3v) is 2.87. The van der Waals surface area contributed by atoms with Crippen molar-refractivity contribution < 1.29 is 0 Å². The Hall–Kier alpha value is 0.0500. The lowest BCUT2D eigenvalue weighted by Gasteiger charge is -2.04. The first-order valence-electron chi connectivity index (χ1n) is 3.89. The molecule has 1 aromatic rings. The van der Waals surface area contributed by atoms with E-state index in [0.717, 1.165) is 22.0 Å². The van der Waals surface area contributed by atoms with E-state index in [1.165, 1.54) is 0 Å². The van der Waals surface area contributed by atoms with E-state index in [4.69, 9.17) is 28.9 Å². The Morgan fingerprint density at radius 1 is 1.23 bits per heavy atom. The molecule has 0 amide bonds. The van der Waals surface area contributed by atoms with Gasteiger partial charge in [-0.05, 0) is 24.1 Å². The van der Waals surface area contributed by atoms with Crippen LogP contribution in [0.15, 0.2) is 18.2 Å². The molecule has 0 aliphatic heterocycles. The molecule has 13 heavy (non-hydrogen) atoms. The quantitative estimate of drug-likeness (QED) is 0.799. The Morgan fingerprint density at radius 2 is 1.69 bits per heavy atom. The molecular weight excluding hydrogens is 228 g/mol. The van der Waals surface area contributed by atoms with Gasteiger partial charge in [-0.15, -0.1) is 12.4 Å². The fourth-order valence-corrected chi connectivity index (χ4v) is 2.09. The van der Waals surface area contributed by atoms with E-state index < -0.39 is 0 Å². The van der Waals surface area contributed by atoms with Crippen molar-refractivity contribution in [3.63, 3.8) is 0 Å². The first kappa shape index (κ1) is 11.1. The van der Waals surface area contributed by atoms with Gasteiger partial charge < -0.3 is 5.73 Å². The zero-order chi connectivity index (χ0) is 8.72. The zero-order valence-corrected chi connectivity index (χ0v) is 9.16. The molecule has 0 heterocycles. The Balaban J connectivity index is 0.000000845. The van der Waals surface area contributed by atoms with E-state index in [2.05, 4.69) is 0 Å². The summed E-state index contributed by atoms with van der Waals surface area (Å²) < 4.78 is 0. The summed E-state index contributed by atoms with van der Waals surface area (Å²) in [6, 6.07) is 5.81. The number of nitrogens with two attached hydrogens (primary N) is 1. The van der Waals surface area contributed by atoms with Gasteiger partial charge in [-0.2, -0.15) is 0 Å². The first-order chi connectivity index (χ1) is 5.70. The first-order valence-corrected chi connectivity index (χ1v) is 4.65. The minimum Gasteiger partial charge on any atom is -0.327 e. The average molecular weight is 239 g/mol. The summed E-state index contributed by atoms with van der Waals surface area (Å²) in [5, 5.41) is 1.47. The van der Waals surface area contributed by atoms with Gasteiger partial charge in [0.2, 0.25) is 0 Å². The summed E-state index contributed by atoms with van der Waals surface area (Å²) >= 11 is 12.0. The van der Waals surface area contributed by atoms with Crippen molar-refractivity contribution in [2.75, 3.05) is 0 Å². The highest BCUT2D eigenvalue weighted by Gasteiger charge is 2.37. The molecule has 0 aromatic heterocycles. The van der Waals surface area contributed by atoms with Gasteiger partial charge in [-0.25, -0.2) is 0 Å². The molecule has 1 nitrogen and oxygen atoms in total. The molecule has 1 saturated carbocycles. The summed E-state index contributed by atoms with van der Waals surface area (Å²) in [6.45, 7) is 0. The standard InChI is InChI=1S/C9H9Cl2N.ClH/c10-6-2-1-3-7(11)9(6)5-4-8(5)12;/h1-3,5,8H,4,12H2;1H/t5-,8-;/m1./s1. The van der Waals surface area contributed by atoms with Crippen LogP contribution in [0.4, 0.5) is 0 Å².